The van der Waals surface area contributed by atoms with E-state index in [1.54, 1.807) is 32.2 Å². The molecule has 0 N–H and O–H groups in total. The largest absolute Gasteiger partial charge is 0.497 e. The highest BCUT2D eigenvalue weighted by atomic mass is 35.5. The van der Waals surface area contributed by atoms with Gasteiger partial charge in [0.1, 0.15) is 12.0 Å². The number of halogens is 1. The van der Waals surface area contributed by atoms with Gasteiger partial charge in [-0.3, -0.25) is 0 Å². The lowest BCUT2D eigenvalue weighted by molar-refractivity contribution is -0.108. The Bertz CT molecular complexity index is 310. The quantitative estimate of drug-likeness (QED) is 0.698. The lowest BCUT2D eigenvalue weighted by Gasteiger charge is -2.08. The van der Waals surface area contributed by atoms with Crippen LogP contribution in [0.15, 0.2) is 18.2 Å². The van der Waals surface area contributed by atoms with Crippen LogP contribution in [-0.2, 0) is 4.79 Å². The molecule has 0 aliphatic carbocycles. The standard InChI is InChI=1S/C10H11ClO2/c1-7(6-12)9-4-3-8(13-2)5-10(9)11/h3-7H,1-2H3. The Labute approximate surface area is 82.5 Å². The van der Waals surface area contributed by atoms with Crippen molar-refractivity contribution >= 4 is 17.9 Å². The van der Waals surface area contributed by atoms with Gasteiger partial charge in [-0.1, -0.05) is 24.6 Å². The van der Waals surface area contributed by atoms with Crippen molar-refractivity contribution in [1.82, 2.24) is 0 Å². The predicted octanol–water partition coefficient (Wildman–Crippen LogP) is 2.65. The highest BCUT2D eigenvalue weighted by Gasteiger charge is 2.08. The summed E-state index contributed by atoms with van der Waals surface area (Å²) < 4.78 is 4.99. The topological polar surface area (TPSA) is 26.3 Å². The fourth-order valence-corrected chi connectivity index (χ4v) is 1.42. The molecule has 0 amide bonds. The van der Waals surface area contributed by atoms with Gasteiger partial charge in [-0.25, -0.2) is 0 Å². The van der Waals surface area contributed by atoms with Crippen LogP contribution in [0.3, 0.4) is 0 Å². The average Bonchev–Trinajstić information content (AvgIpc) is 2.16. The summed E-state index contributed by atoms with van der Waals surface area (Å²) in [6.07, 6.45) is 0.869. The van der Waals surface area contributed by atoms with Crippen LogP contribution < -0.4 is 4.74 Å². The molecule has 1 unspecified atom stereocenters. The summed E-state index contributed by atoms with van der Waals surface area (Å²) >= 11 is 5.94. The van der Waals surface area contributed by atoms with E-state index in [0.717, 1.165) is 11.8 Å². The lowest BCUT2D eigenvalue weighted by atomic mass is 10.0. The number of ether oxygens (including phenoxy) is 1. The second-order valence-electron chi connectivity index (χ2n) is 2.81. The minimum atomic E-state index is -0.168. The first kappa shape index (κ1) is 10.1. The predicted molar refractivity (Wildman–Crippen MR) is 52.5 cm³/mol. The normalized spacial score (nSPS) is 12.2. The highest BCUT2D eigenvalue weighted by molar-refractivity contribution is 6.31. The summed E-state index contributed by atoms with van der Waals surface area (Å²) in [7, 11) is 1.58. The first-order valence-corrected chi connectivity index (χ1v) is 4.35. The number of methoxy groups -OCH3 is 1. The summed E-state index contributed by atoms with van der Waals surface area (Å²) in [5.74, 6) is 0.533. The van der Waals surface area contributed by atoms with E-state index in [1.807, 2.05) is 0 Å². The van der Waals surface area contributed by atoms with E-state index < -0.39 is 0 Å². The third kappa shape index (κ3) is 2.22. The summed E-state index contributed by atoms with van der Waals surface area (Å²) in [5, 5.41) is 0.568. The maximum Gasteiger partial charge on any atom is 0.127 e. The zero-order valence-corrected chi connectivity index (χ0v) is 8.34. The molecule has 2 nitrogen and oxygen atoms in total. The molecule has 0 saturated carbocycles. The molecule has 0 heterocycles. The molecule has 0 fully saturated rings. The molecule has 1 aromatic rings. The monoisotopic (exact) mass is 198 g/mol. The van der Waals surface area contributed by atoms with Gasteiger partial charge in [0, 0.05) is 10.9 Å². The number of benzene rings is 1. The molecule has 1 atom stereocenters. The Balaban J connectivity index is 3.04. The van der Waals surface area contributed by atoms with Gasteiger partial charge in [0.05, 0.1) is 7.11 Å². The van der Waals surface area contributed by atoms with Crippen LogP contribution in [0, 0.1) is 0 Å². The van der Waals surface area contributed by atoms with Gasteiger partial charge in [0.25, 0.3) is 0 Å². The zero-order valence-electron chi connectivity index (χ0n) is 7.58. The van der Waals surface area contributed by atoms with E-state index in [9.17, 15) is 4.79 Å². The Morgan fingerprint density at radius 3 is 2.69 bits per heavy atom. The van der Waals surface area contributed by atoms with Gasteiger partial charge in [0.2, 0.25) is 0 Å². The van der Waals surface area contributed by atoms with Gasteiger partial charge in [-0.05, 0) is 17.7 Å². The molecule has 0 radical (unpaired) electrons. The summed E-state index contributed by atoms with van der Waals surface area (Å²) in [4.78, 5) is 10.5. The Hall–Kier alpha value is -1.02. The van der Waals surface area contributed by atoms with Crippen molar-refractivity contribution in [2.75, 3.05) is 7.11 Å². The molecular weight excluding hydrogens is 188 g/mol. The highest BCUT2D eigenvalue weighted by Crippen LogP contribution is 2.27. The molecule has 0 bridgehead atoms. The van der Waals surface area contributed by atoms with Crippen molar-refractivity contribution in [2.45, 2.75) is 12.8 Å². The zero-order chi connectivity index (χ0) is 9.84. The summed E-state index contributed by atoms with van der Waals surface area (Å²) in [6.45, 7) is 1.81. The van der Waals surface area contributed by atoms with Crippen LogP contribution in [0.25, 0.3) is 0 Å². The van der Waals surface area contributed by atoms with Gasteiger partial charge in [-0.2, -0.15) is 0 Å². The van der Waals surface area contributed by atoms with Crippen LogP contribution in [0.4, 0.5) is 0 Å². The van der Waals surface area contributed by atoms with Crippen molar-refractivity contribution in [3.63, 3.8) is 0 Å². The fraction of sp³-hybridized carbons (Fsp3) is 0.300. The molecule has 0 aliphatic heterocycles. The van der Waals surface area contributed by atoms with E-state index >= 15 is 0 Å². The maximum atomic E-state index is 10.5. The van der Waals surface area contributed by atoms with Crippen molar-refractivity contribution < 1.29 is 9.53 Å². The van der Waals surface area contributed by atoms with Gasteiger partial charge >= 0.3 is 0 Å². The van der Waals surface area contributed by atoms with Crippen LogP contribution in [-0.4, -0.2) is 13.4 Å². The molecule has 1 rings (SSSR count). The molecule has 0 aromatic heterocycles. The van der Waals surface area contributed by atoms with Crippen molar-refractivity contribution in [3.8, 4) is 5.75 Å². The Morgan fingerprint density at radius 2 is 2.23 bits per heavy atom. The van der Waals surface area contributed by atoms with Crippen LogP contribution in [0.5, 0.6) is 5.75 Å². The average molecular weight is 199 g/mol. The van der Waals surface area contributed by atoms with E-state index in [2.05, 4.69) is 0 Å². The van der Waals surface area contributed by atoms with E-state index in [-0.39, 0.29) is 5.92 Å². The van der Waals surface area contributed by atoms with Crippen molar-refractivity contribution in [1.29, 1.82) is 0 Å². The molecular formula is C10H11ClO2. The number of carbonyl (C=O) groups is 1. The number of aldehydes is 1. The molecule has 0 saturated heterocycles. The third-order valence-corrected chi connectivity index (χ3v) is 2.23. The summed E-state index contributed by atoms with van der Waals surface area (Å²) in [6, 6.07) is 5.30. The van der Waals surface area contributed by atoms with Gasteiger partial charge in [-0.15, -0.1) is 0 Å². The van der Waals surface area contributed by atoms with E-state index in [0.29, 0.717) is 10.8 Å². The first-order valence-electron chi connectivity index (χ1n) is 3.97. The molecule has 1 aromatic carbocycles. The number of carbonyl (C=O) groups excluding carboxylic acids is 1. The molecule has 3 heteroatoms. The summed E-state index contributed by atoms with van der Waals surface area (Å²) in [5.41, 5.74) is 0.831. The second kappa shape index (κ2) is 4.28. The minimum Gasteiger partial charge on any atom is -0.497 e. The van der Waals surface area contributed by atoms with E-state index in [1.165, 1.54) is 0 Å². The number of hydrogen-bond donors (Lipinski definition) is 0. The molecule has 0 spiro atoms. The third-order valence-electron chi connectivity index (χ3n) is 1.90. The van der Waals surface area contributed by atoms with Crippen LogP contribution in [0.1, 0.15) is 18.4 Å². The van der Waals surface area contributed by atoms with Crippen LogP contribution in [0.2, 0.25) is 5.02 Å². The van der Waals surface area contributed by atoms with Gasteiger partial charge < -0.3 is 9.53 Å². The SMILES string of the molecule is COc1ccc(C(C)C=O)c(Cl)c1. The first-order chi connectivity index (χ1) is 6.19. The maximum absolute atomic E-state index is 10.5. The molecule has 70 valence electrons. The number of rotatable bonds is 3. The van der Waals surface area contributed by atoms with Gasteiger partial charge in [0.15, 0.2) is 0 Å². The van der Waals surface area contributed by atoms with Crippen molar-refractivity contribution in [3.05, 3.63) is 28.8 Å². The van der Waals surface area contributed by atoms with Crippen molar-refractivity contribution in [2.24, 2.45) is 0 Å². The minimum absolute atomic E-state index is 0.168. The smallest absolute Gasteiger partial charge is 0.127 e. The fourth-order valence-electron chi connectivity index (χ4n) is 1.08. The molecule has 13 heavy (non-hydrogen) atoms. The lowest BCUT2D eigenvalue weighted by Crippen LogP contribution is -1.95. The Kier molecular flexibility index (Phi) is 3.32. The van der Waals surface area contributed by atoms with E-state index in [4.69, 9.17) is 16.3 Å². The Morgan fingerprint density at radius 1 is 1.54 bits per heavy atom. The van der Waals surface area contributed by atoms with Crippen LogP contribution >= 0.6 is 11.6 Å². The number of hydrogen-bond acceptors (Lipinski definition) is 2. The second-order valence-corrected chi connectivity index (χ2v) is 3.22. The molecule has 0 aliphatic rings.